The Kier molecular flexibility index (Phi) is 5.61. The monoisotopic (exact) mass is 441 g/mol. The fourth-order valence-corrected chi connectivity index (χ4v) is 6.38. The van der Waals surface area contributed by atoms with E-state index in [0.29, 0.717) is 18.5 Å². The summed E-state index contributed by atoms with van der Waals surface area (Å²) in [7, 11) is -2.55. The molecule has 1 unspecified atom stereocenters. The number of aromatic nitrogens is 2. The topological polar surface area (TPSA) is 81.5 Å². The number of ether oxygens (including phenoxy) is 1. The number of carbonyl (C=O) groups excluding carboxylic acids is 1. The van der Waals surface area contributed by atoms with Gasteiger partial charge in [-0.25, -0.2) is 18.2 Å². The number of benzene rings is 2. The second kappa shape index (κ2) is 8.09. The highest BCUT2D eigenvalue weighted by molar-refractivity contribution is 7.89. The van der Waals surface area contributed by atoms with Crippen LogP contribution in [0, 0.1) is 6.92 Å². The van der Waals surface area contributed by atoms with Gasteiger partial charge in [0.15, 0.2) is 0 Å². The summed E-state index contributed by atoms with van der Waals surface area (Å²) in [5, 5.41) is 0. The van der Waals surface area contributed by atoms with Crippen LogP contribution in [-0.2, 0) is 14.8 Å². The summed E-state index contributed by atoms with van der Waals surface area (Å²) in [6, 6.07) is 12.4. The van der Waals surface area contributed by atoms with Gasteiger partial charge >= 0.3 is 5.97 Å². The minimum atomic E-state index is -3.84. The third-order valence-corrected chi connectivity index (χ3v) is 7.97. The molecule has 7 nitrogen and oxygen atoms in total. The first-order valence-electron chi connectivity index (χ1n) is 10.4. The number of methoxy groups -OCH3 is 1. The van der Waals surface area contributed by atoms with Gasteiger partial charge in [-0.15, -0.1) is 0 Å². The van der Waals surface area contributed by atoms with Crippen molar-refractivity contribution >= 4 is 27.0 Å². The van der Waals surface area contributed by atoms with Gasteiger partial charge in [0.2, 0.25) is 10.0 Å². The van der Waals surface area contributed by atoms with E-state index in [1.54, 1.807) is 25.1 Å². The molecule has 0 bridgehead atoms. The third kappa shape index (κ3) is 3.53. The lowest BCUT2D eigenvalue weighted by Gasteiger charge is -2.26. The normalized spacial score (nSPS) is 17.5. The van der Waals surface area contributed by atoms with Crippen LogP contribution in [0.15, 0.2) is 47.4 Å². The van der Waals surface area contributed by atoms with Crippen LogP contribution in [0.3, 0.4) is 0 Å². The number of fused-ring (bicyclic) bond motifs is 1. The first kappa shape index (κ1) is 21.5. The van der Waals surface area contributed by atoms with Crippen LogP contribution in [0.4, 0.5) is 0 Å². The molecule has 1 fully saturated rings. The molecule has 1 aliphatic heterocycles. The molecule has 0 radical (unpaired) electrons. The third-order valence-electron chi connectivity index (χ3n) is 5.92. The van der Waals surface area contributed by atoms with Crippen LogP contribution < -0.4 is 0 Å². The SMILES string of the molecule is COC(=O)c1cccc(S(=O)(=O)N2CCCC2c2nc3ccccc3n2C(C)C)c1C. The van der Waals surface area contributed by atoms with Gasteiger partial charge in [-0.05, 0) is 63.4 Å². The quantitative estimate of drug-likeness (QED) is 0.553. The van der Waals surface area contributed by atoms with Gasteiger partial charge in [-0.3, -0.25) is 0 Å². The van der Waals surface area contributed by atoms with Crippen LogP contribution in [0.5, 0.6) is 0 Å². The molecule has 31 heavy (non-hydrogen) atoms. The molecule has 8 heteroatoms. The predicted octanol–water partition coefficient (Wildman–Crippen LogP) is 4.24. The van der Waals surface area contributed by atoms with Crippen LogP contribution in [0.1, 0.15) is 60.5 Å². The van der Waals surface area contributed by atoms with Crippen molar-refractivity contribution in [3.8, 4) is 0 Å². The highest BCUT2D eigenvalue weighted by Gasteiger charge is 2.40. The first-order chi connectivity index (χ1) is 14.8. The maximum Gasteiger partial charge on any atom is 0.338 e. The Labute approximate surface area is 182 Å². The van der Waals surface area contributed by atoms with Crippen molar-refractivity contribution in [2.24, 2.45) is 0 Å². The summed E-state index contributed by atoms with van der Waals surface area (Å²) in [6.45, 7) is 6.22. The molecular weight excluding hydrogens is 414 g/mol. The van der Waals surface area contributed by atoms with Crippen molar-refractivity contribution in [1.29, 1.82) is 0 Å². The molecule has 2 heterocycles. The number of carbonyl (C=O) groups is 1. The zero-order chi connectivity index (χ0) is 22.3. The number of hydrogen-bond acceptors (Lipinski definition) is 5. The minimum Gasteiger partial charge on any atom is -0.465 e. The fourth-order valence-electron chi connectivity index (χ4n) is 4.48. The van der Waals surface area contributed by atoms with Crippen LogP contribution >= 0.6 is 0 Å². The zero-order valence-electron chi connectivity index (χ0n) is 18.2. The van der Waals surface area contributed by atoms with E-state index in [9.17, 15) is 13.2 Å². The Hall–Kier alpha value is -2.71. The second-order valence-electron chi connectivity index (χ2n) is 8.12. The molecule has 1 saturated heterocycles. The van der Waals surface area contributed by atoms with Gasteiger partial charge in [0.05, 0.1) is 34.6 Å². The van der Waals surface area contributed by atoms with Gasteiger partial charge in [-0.2, -0.15) is 4.31 Å². The zero-order valence-corrected chi connectivity index (χ0v) is 19.0. The summed E-state index contributed by atoms with van der Waals surface area (Å²) in [6.07, 6.45) is 1.45. The Morgan fingerprint density at radius 3 is 2.61 bits per heavy atom. The van der Waals surface area contributed by atoms with E-state index in [2.05, 4.69) is 18.4 Å². The number of esters is 1. The van der Waals surface area contributed by atoms with Crippen LogP contribution in [0.2, 0.25) is 0 Å². The smallest absolute Gasteiger partial charge is 0.338 e. The molecule has 164 valence electrons. The molecule has 3 aromatic rings. The molecule has 0 N–H and O–H groups in total. The van der Waals surface area contributed by atoms with E-state index in [-0.39, 0.29) is 22.5 Å². The first-order valence-corrected chi connectivity index (χ1v) is 11.9. The molecular formula is C23H27N3O4S. The Bertz CT molecular complexity index is 1250. The lowest BCUT2D eigenvalue weighted by molar-refractivity contribution is 0.0599. The molecule has 4 rings (SSSR count). The van der Waals surface area contributed by atoms with Crippen LogP contribution in [-0.4, -0.2) is 41.9 Å². The fraction of sp³-hybridized carbons (Fsp3) is 0.391. The van der Waals surface area contributed by atoms with E-state index in [0.717, 1.165) is 23.3 Å². The maximum atomic E-state index is 13.7. The van der Waals surface area contributed by atoms with Gasteiger partial charge in [0.1, 0.15) is 5.82 Å². The average Bonchev–Trinajstić information content (AvgIpc) is 3.38. The number of nitrogens with zero attached hydrogens (tertiary/aromatic N) is 3. The van der Waals surface area contributed by atoms with E-state index < -0.39 is 16.0 Å². The van der Waals surface area contributed by atoms with Crippen molar-refractivity contribution in [3.05, 3.63) is 59.4 Å². The molecule has 1 aromatic heterocycles. The van der Waals surface area contributed by atoms with Crippen molar-refractivity contribution in [2.75, 3.05) is 13.7 Å². The predicted molar refractivity (Wildman–Crippen MR) is 119 cm³/mol. The summed E-state index contributed by atoms with van der Waals surface area (Å²) < 4.78 is 36.0. The Balaban J connectivity index is 1.82. The lowest BCUT2D eigenvalue weighted by Crippen LogP contribution is -2.33. The minimum absolute atomic E-state index is 0.134. The highest BCUT2D eigenvalue weighted by Crippen LogP contribution is 2.39. The lowest BCUT2D eigenvalue weighted by atomic mass is 10.1. The number of imidazole rings is 1. The molecule has 2 aromatic carbocycles. The van der Waals surface area contributed by atoms with E-state index in [1.807, 2.05) is 24.3 Å². The van der Waals surface area contributed by atoms with Crippen molar-refractivity contribution in [3.63, 3.8) is 0 Å². The molecule has 0 saturated carbocycles. The molecule has 1 aliphatic rings. The number of sulfonamides is 1. The number of para-hydroxylation sites is 2. The molecule has 0 spiro atoms. The standard InChI is InChI=1S/C23H27N3O4S/c1-15(2)26-19-11-6-5-10-18(19)24-22(26)20-12-8-14-25(20)31(28,29)21-13-7-9-17(16(21)3)23(27)30-4/h5-7,9-11,13,15,20H,8,12,14H2,1-4H3. The Morgan fingerprint density at radius 2 is 1.90 bits per heavy atom. The average molecular weight is 442 g/mol. The second-order valence-corrected chi connectivity index (χ2v) is 9.98. The maximum absolute atomic E-state index is 13.7. The van der Waals surface area contributed by atoms with E-state index in [4.69, 9.17) is 9.72 Å². The van der Waals surface area contributed by atoms with Crippen molar-refractivity contribution < 1.29 is 17.9 Å². The van der Waals surface area contributed by atoms with E-state index >= 15 is 0 Å². The van der Waals surface area contributed by atoms with Crippen molar-refractivity contribution in [1.82, 2.24) is 13.9 Å². The summed E-state index contributed by atoms with van der Waals surface area (Å²) in [4.78, 5) is 17.1. The van der Waals surface area contributed by atoms with Crippen molar-refractivity contribution in [2.45, 2.75) is 50.6 Å². The number of rotatable bonds is 5. The summed E-state index contributed by atoms with van der Waals surface area (Å²) in [5.74, 6) is 0.216. The Morgan fingerprint density at radius 1 is 1.16 bits per heavy atom. The molecule has 0 aliphatic carbocycles. The van der Waals surface area contributed by atoms with Gasteiger partial charge in [0, 0.05) is 12.6 Å². The van der Waals surface area contributed by atoms with Crippen LogP contribution in [0.25, 0.3) is 11.0 Å². The largest absolute Gasteiger partial charge is 0.465 e. The summed E-state index contributed by atoms with van der Waals surface area (Å²) >= 11 is 0. The molecule has 1 atom stereocenters. The summed E-state index contributed by atoms with van der Waals surface area (Å²) in [5.41, 5.74) is 2.52. The van der Waals surface area contributed by atoms with Gasteiger partial charge in [0.25, 0.3) is 0 Å². The highest BCUT2D eigenvalue weighted by atomic mass is 32.2. The van der Waals surface area contributed by atoms with Gasteiger partial charge < -0.3 is 9.30 Å². The molecule has 0 amide bonds. The van der Waals surface area contributed by atoms with Gasteiger partial charge in [-0.1, -0.05) is 18.2 Å². The van der Waals surface area contributed by atoms with E-state index in [1.165, 1.54) is 11.4 Å². The number of hydrogen-bond donors (Lipinski definition) is 0.